The monoisotopic (exact) mass is 460 g/mol. The Kier molecular flexibility index (Phi) is 8.09. The van der Waals surface area contributed by atoms with Gasteiger partial charge < -0.3 is 20.2 Å². The van der Waals surface area contributed by atoms with E-state index in [1.54, 1.807) is 19.2 Å². The second kappa shape index (κ2) is 11.4. The third-order valence-corrected chi connectivity index (χ3v) is 7.09. The number of carbonyl (C=O) groups is 1. The molecule has 0 saturated carbocycles. The molecule has 1 aliphatic heterocycles. The normalized spacial score (nSPS) is 22.3. The SMILES string of the molecule is COc1ccccc1CNC1C(c2ccccc2)NCCC1(CCCC=O)c1ccc(F)cc1. The van der Waals surface area contributed by atoms with Gasteiger partial charge in [0.25, 0.3) is 0 Å². The van der Waals surface area contributed by atoms with E-state index in [0.29, 0.717) is 13.0 Å². The minimum absolute atomic E-state index is 0.0191. The molecule has 5 heteroatoms. The molecule has 0 bridgehead atoms. The van der Waals surface area contributed by atoms with Gasteiger partial charge in [0.15, 0.2) is 0 Å². The number of aldehydes is 1. The van der Waals surface area contributed by atoms with E-state index in [9.17, 15) is 9.18 Å². The summed E-state index contributed by atoms with van der Waals surface area (Å²) in [5.74, 6) is 0.613. The number of nitrogens with one attached hydrogen (secondary N) is 2. The van der Waals surface area contributed by atoms with Gasteiger partial charge in [0.05, 0.1) is 7.11 Å². The standard InChI is InChI=1S/C29H33FN2O2/c1-34-26-12-6-5-11-23(26)21-32-28-27(22-9-3-2-4-10-22)31-19-18-29(28,17-7-8-20-33)24-13-15-25(30)16-14-24/h2-6,9-16,20,27-28,31-32H,7-8,17-19,21H2,1H3. The predicted octanol–water partition coefficient (Wildman–Crippen LogP) is 5.33. The minimum atomic E-state index is -0.259. The fourth-order valence-corrected chi connectivity index (χ4v) is 5.43. The quantitative estimate of drug-likeness (QED) is 0.317. The van der Waals surface area contributed by atoms with E-state index < -0.39 is 0 Å². The Morgan fingerprint density at radius 3 is 2.53 bits per heavy atom. The van der Waals surface area contributed by atoms with E-state index in [1.165, 1.54) is 5.56 Å². The van der Waals surface area contributed by atoms with Gasteiger partial charge >= 0.3 is 0 Å². The molecule has 0 aromatic heterocycles. The zero-order valence-electron chi connectivity index (χ0n) is 19.7. The molecular formula is C29H33FN2O2. The third-order valence-electron chi connectivity index (χ3n) is 7.09. The topological polar surface area (TPSA) is 50.4 Å². The molecule has 2 N–H and O–H groups in total. The van der Waals surface area contributed by atoms with Gasteiger partial charge in [-0.1, -0.05) is 60.7 Å². The van der Waals surface area contributed by atoms with Crippen LogP contribution in [0.5, 0.6) is 5.75 Å². The first-order valence-corrected chi connectivity index (χ1v) is 12.0. The van der Waals surface area contributed by atoms with Gasteiger partial charge in [-0.2, -0.15) is 0 Å². The fourth-order valence-electron chi connectivity index (χ4n) is 5.43. The molecule has 0 aliphatic carbocycles. The summed E-state index contributed by atoms with van der Waals surface area (Å²) in [6.45, 7) is 1.47. The number of unbranched alkanes of at least 4 members (excludes halogenated alkanes) is 1. The van der Waals surface area contributed by atoms with Crippen LogP contribution in [-0.2, 0) is 16.8 Å². The maximum absolute atomic E-state index is 13.9. The second-order valence-corrected chi connectivity index (χ2v) is 8.98. The molecule has 1 fully saturated rings. The summed E-state index contributed by atoms with van der Waals surface area (Å²) >= 11 is 0. The van der Waals surface area contributed by atoms with E-state index in [0.717, 1.165) is 49.0 Å². The highest BCUT2D eigenvalue weighted by Gasteiger charge is 2.46. The lowest BCUT2D eigenvalue weighted by atomic mass is 9.63. The molecule has 3 aromatic rings. The molecule has 0 amide bonds. The summed E-state index contributed by atoms with van der Waals surface area (Å²) in [6, 6.07) is 25.5. The van der Waals surface area contributed by atoms with E-state index in [4.69, 9.17) is 4.74 Å². The summed E-state index contributed by atoms with van der Waals surface area (Å²) in [4.78, 5) is 11.2. The van der Waals surface area contributed by atoms with Gasteiger partial charge in [-0.25, -0.2) is 4.39 Å². The van der Waals surface area contributed by atoms with Crippen molar-refractivity contribution in [1.29, 1.82) is 0 Å². The van der Waals surface area contributed by atoms with Crippen LogP contribution in [0.3, 0.4) is 0 Å². The summed E-state index contributed by atoms with van der Waals surface area (Å²) < 4.78 is 19.5. The molecule has 3 unspecified atom stereocenters. The number of hydrogen-bond donors (Lipinski definition) is 2. The molecule has 4 nitrogen and oxygen atoms in total. The van der Waals surface area contributed by atoms with Crippen LogP contribution in [0, 0.1) is 5.82 Å². The molecule has 4 rings (SSSR count). The van der Waals surface area contributed by atoms with Gasteiger partial charge in [-0.05, 0) is 55.1 Å². The van der Waals surface area contributed by atoms with E-state index in [-0.39, 0.29) is 23.3 Å². The van der Waals surface area contributed by atoms with Crippen LogP contribution >= 0.6 is 0 Å². The van der Waals surface area contributed by atoms with Crippen LogP contribution in [0.4, 0.5) is 4.39 Å². The number of piperidine rings is 1. The van der Waals surface area contributed by atoms with Crippen molar-refractivity contribution in [2.75, 3.05) is 13.7 Å². The first-order valence-electron chi connectivity index (χ1n) is 12.0. The van der Waals surface area contributed by atoms with Crippen molar-refractivity contribution in [3.8, 4) is 5.75 Å². The number of ether oxygens (including phenoxy) is 1. The van der Waals surface area contributed by atoms with Gasteiger partial charge in [0.1, 0.15) is 17.9 Å². The summed E-state index contributed by atoms with van der Waals surface area (Å²) in [7, 11) is 1.69. The molecule has 1 heterocycles. The van der Waals surface area contributed by atoms with Crippen LogP contribution in [0.25, 0.3) is 0 Å². The van der Waals surface area contributed by atoms with Gasteiger partial charge in [-0.15, -0.1) is 0 Å². The van der Waals surface area contributed by atoms with Crippen molar-refractivity contribution in [2.24, 2.45) is 0 Å². The minimum Gasteiger partial charge on any atom is -0.496 e. The van der Waals surface area contributed by atoms with Gasteiger partial charge in [0.2, 0.25) is 0 Å². The smallest absolute Gasteiger partial charge is 0.123 e. The molecule has 3 atom stereocenters. The first kappa shape index (κ1) is 24.1. The molecule has 0 spiro atoms. The van der Waals surface area contributed by atoms with Crippen molar-refractivity contribution in [3.63, 3.8) is 0 Å². The van der Waals surface area contributed by atoms with Crippen LogP contribution < -0.4 is 15.4 Å². The van der Waals surface area contributed by atoms with Gasteiger partial charge in [-0.3, -0.25) is 0 Å². The molecule has 1 saturated heterocycles. The van der Waals surface area contributed by atoms with Crippen molar-refractivity contribution in [2.45, 2.75) is 49.7 Å². The Morgan fingerprint density at radius 1 is 1.06 bits per heavy atom. The summed E-state index contributed by atoms with van der Waals surface area (Å²) in [5.41, 5.74) is 3.15. The molecule has 178 valence electrons. The van der Waals surface area contributed by atoms with E-state index >= 15 is 0 Å². The highest BCUT2D eigenvalue weighted by atomic mass is 19.1. The third kappa shape index (κ3) is 5.21. The number of hydrogen-bond acceptors (Lipinski definition) is 4. The number of para-hydroxylation sites is 1. The number of benzene rings is 3. The Balaban J connectivity index is 1.76. The second-order valence-electron chi connectivity index (χ2n) is 8.98. The first-order chi connectivity index (χ1) is 16.7. The van der Waals surface area contributed by atoms with Gasteiger partial charge in [0, 0.05) is 36.0 Å². The number of halogens is 1. The van der Waals surface area contributed by atoms with Crippen molar-refractivity contribution >= 4 is 6.29 Å². The largest absolute Gasteiger partial charge is 0.496 e. The Labute approximate surface area is 201 Å². The van der Waals surface area contributed by atoms with Crippen LogP contribution in [0.1, 0.15) is 48.4 Å². The Bertz CT molecular complexity index is 1060. The van der Waals surface area contributed by atoms with E-state index in [2.05, 4.69) is 41.0 Å². The molecular weight excluding hydrogens is 427 g/mol. The Hall–Kier alpha value is -3.02. The highest BCUT2D eigenvalue weighted by Crippen LogP contribution is 2.44. The van der Waals surface area contributed by atoms with Crippen LogP contribution in [-0.4, -0.2) is 26.0 Å². The van der Waals surface area contributed by atoms with Crippen LogP contribution in [0.15, 0.2) is 78.9 Å². The lowest BCUT2D eigenvalue weighted by Crippen LogP contribution is -2.59. The van der Waals surface area contributed by atoms with E-state index in [1.807, 2.05) is 36.4 Å². The average molecular weight is 461 g/mol. The number of rotatable bonds is 10. The zero-order valence-corrected chi connectivity index (χ0v) is 19.7. The van der Waals surface area contributed by atoms with Crippen molar-refractivity contribution in [1.82, 2.24) is 10.6 Å². The summed E-state index contributed by atoms with van der Waals surface area (Å²) in [6.07, 6.45) is 4.03. The number of methoxy groups -OCH3 is 1. The highest BCUT2D eigenvalue weighted by molar-refractivity contribution is 5.49. The predicted molar refractivity (Wildman–Crippen MR) is 133 cm³/mol. The fraction of sp³-hybridized carbons (Fsp3) is 0.345. The zero-order chi connectivity index (χ0) is 23.8. The molecule has 0 radical (unpaired) electrons. The van der Waals surface area contributed by atoms with Crippen molar-refractivity contribution in [3.05, 3.63) is 101 Å². The van der Waals surface area contributed by atoms with Crippen molar-refractivity contribution < 1.29 is 13.9 Å². The molecule has 34 heavy (non-hydrogen) atoms. The summed E-state index contributed by atoms with van der Waals surface area (Å²) in [5, 5.41) is 7.61. The average Bonchev–Trinajstić information content (AvgIpc) is 2.89. The lowest BCUT2D eigenvalue weighted by molar-refractivity contribution is -0.108. The lowest BCUT2D eigenvalue weighted by Gasteiger charge is -2.50. The Morgan fingerprint density at radius 2 is 1.79 bits per heavy atom. The maximum Gasteiger partial charge on any atom is 0.123 e. The molecule has 3 aromatic carbocycles. The van der Waals surface area contributed by atoms with Crippen LogP contribution in [0.2, 0.25) is 0 Å². The number of carbonyl (C=O) groups excluding carboxylic acids is 1. The maximum atomic E-state index is 13.9. The molecule has 1 aliphatic rings.